The van der Waals surface area contributed by atoms with Crippen molar-refractivity contribution in [3.63, 3.8) is 0 Å². The van der Waals surface area contributed by atoms with Gasteiger partial charge in [-0.1, -0.05) is 48.4 Å². The molecule has 0 radical (unpaired) electrons. The minimum atomic E-state index is 0.207. The van der Waals surface area contributed by atoms with Gasteiger partial charge in [0.1, 0.15) is 11.6 Å². The van der Waals surface area contributed by atoms with Gasteiger partial charge in [0.05, 0.1) is 0 Å². The molecule has 29 heavy (non-hydrogen) atoms. The van der Waals surface area contributed by atoms with Gasteiger partial charge in [0.15, 0.2) is 0 Å². The second kappa shape index (κ2) is 9.35. The van der Waals surface area contributed by atoms with Crippen LogP contribution in [-0.2, 0) is 24.2 Å². The molecule has 6 heteroatoms. The number of carbonyl (C=O) groups is 1. The summed E-state index contributed by atoms with van der Waals surface area (Å²) in [7, 11) is 0. The molecule has 0 atom stereocenters. The standard InChI is InChI=1S/C23H31N5O/c1-18(16-19-6-3-2-4-7-19)17-27-13-11-22-26-25-21(28(22)15-14-27)10-12-24-23(29)20-8-5-9-20/h2-4,6-7,16,20H,5,8-15,17H2,1H3,(H,24,29)/b18-16+. The molecule has 2 heterocycles. The Morgan fingerprint density at radius 3 is 2.76 bits per heavy atom. The summed E-state index contributed by atoms with van der Waals surface area (Å²) in [5.74, 6) is 2.51. The lowest BCUT2D eigenvalue weighted by molar-refractivity contribution is -0.127. The summed E-state index contributed by atoms with van der Waals surface area (Å²) in [4.78, 5) is 14.5. The third kappa shape index (κ3) is 5.12. The van der Waals surface area contributed by atoms with E-state index >= 15 is 0 Å². The lowest BCUT2D eigenvalue weighted by Gasteiger charge is -2.24. The summed E-state index contributed by atoms with van der Waals surface area (Å²) < 4.78 is 2.26. The van der Waals surface area contributed by atoms with Crippen LogP contribution >= 0.6 is 0 Å². The van der Waals surface area contributed by atoms with E-state index in [0.717, 1.165) is 63.5 Å². The lowest BCUT2D eigenvalue weighted by Crippen LogP contribution is -2.35. The third-order valence-corrected chi connectivity index (χ3v) is 6.00. The van der Waals surface area contributed by atoms with E-state index in [2.05, 4.69) is 62.2 Å². The number of rotatable bonds is 7. The monoisotopic (exact) mass is 393 g/mol. The number of nitrogens with zero attached hydrogens (tertiary/aromatic N) is 4. The molecule has 1 amide bonds. The van der Waals surface area contributed by atoms with Gasteiger partial charge in [0.25, 0.3) is 0 Å². The van der Waals surface area contributed by atoms with Crippen LogP contribution in [-0.4, -0.2) is 51.8 Å². The molecule has 1 aromatic carbocycles. The first-order valence-electron chi connectivity index (χ1n) is 10.8. The van der Waals surface area contributed by atoms with E-state index in [4.69, 9.17) is 0 Å². The van der Waals surface area contributed by atoms with Crippen LogP contribution in [0.1, 0.15) is 43.4 Å². The molecule has 0 spiro atoms. The van der Waals surface area contributed by atoms with Crippen LogP contribution in [0.15, 0.2) is 35.9 Å². The number of benzene rings is 1. The Morgan fingerprint density at radius 1 is 1.17 bits per heavy atom. The van der Waals surface area contributed by atoms with Crippen LogP contribution in [0, 0.1) is 5.92 Å². The Labute approximate surface area is 173 Å². The van der Waals surface area contributed by atoms with Crippen LogP contribution in [0.4, 0.5) is 0 Å². The van der Waals surface area contributed by atoms with Crippen LogP contribution in [0.25, 0.3) is 6.08 Å². The first-order chi connectivity index (χ1) is 14.2. The quantitative estimate of drug-likeness (QED) is 0.786. The largest absolute Gasteiger partial charge is 0.355 e. The maximum absolute atomic E-state index is 12.0. The first-order valence-corrected chi connectivity index (χ1v) is 10.8. The summed E-state index contributed by atoms with van der Waals surface area (Å²) >= 11 is 0. The SMILES string of the molecule is C/C(=C\c1ccccc1)CN1CCc2nnc(CCNC(=O)C3CCC3)n2CC1. The van der Waals surface area contributed by atoms with Crippen molar-refractivity contribution >= 4 is 12.0 Å². The molecule has 0 bridgehead atoms. The summed E-state index contributed by atoms with van der Waals surface area (Å²) in [6, 6.07) is 10.5. The van der Waals surface area contributed by atoms with Gasteiger partial charge < -0.3 is 9.88 Å². The highest BCUT2D eigenvalue weighted by atomic mass is 16.1. The zero-order chi connectivity index (χ0) is 20.1. The molecule has 0 saturated heterocycles. The van der Waals surface area contributed by atoms with Crippen LogP contribution < -0.4 is 5.32 Å². The molecule has 1 saturated carbocycles. The topological polar surface area (TPSA) is 63.1 Å². The van der Waals surface area contributed by atoms with E-state index in [9.17, 15) is 4.79 Å². The molecule has 2 aliphatic rings. The molecule has 154 valence electrons. The summed E-state index contributed by atoms with van der Waals surface area (Å²) in [6.07, 6.45) is 7.20. The fraction of sp³-hybridized carbons (Fsp3) is 0.522. The van der Waals surface area contributed by atoms with E-state index in [1.54, 1.807) is 0 Å². The summed E-state index contributed by atoms with van der Waals surface area (Å²) in [5.41, 5.74) is 2.62. The Hall–Kier alpha value is -2.47. The molecule has 1 aliphatic carbocycles. The van der Waals surface area contributed by atoms with E-state index in [0.29, 0.717) is 6.54 Å². The van der Waals surface area contributed by atoms with Crippen molar-refractivity contribution in [2.24, 2.45) is 5.92 Å². The number of aromatic nitrogens is 3. The zero-order valence-corrected chi connectivity index (χ0v) is 17.3. The zero-order valence-electron chi connectivity index (χ0n) is 17.3. The van der Waals surface area contributed by atoms with Gasteiger partial charge in [0, 0.05) is 51.5 Å². The average Bonchev–Trinajstić information content (AvgIpc) is 2.94. The fourth-order valence-electron chi connectivity index (χ4n) is 4.11. The molecule has 6 nitrogen and oxygen atoms in total. The normalized spacial score (nSPS) is 18.0. The highest BCUT2D eigenvalue weighted by Gasteiger charge is 2.25. The molecular weight excluding hydrogens is 362 g/mol. The van der Waals surface area contributed by atoms with Crippen LogP contribution in [0.3, 0.4) is 0 Å². The third-order valence-electron chi connectivity index (χ3n) is 6.00. The van der Waals surface area contributed by atoms with E-state index in [-0.39, 0.29) is 11.8 Å². The van der Waals surface area contributed by atoms with Gasteiger partial charge in [-0.2, -0.15) is 0 Å². The van der Waals surface area contributed by atoms with Gasteiger partial charge in [-0.05, 0) is 25.3 Å². The molecule has 1 aliphatic heterocycles. The highest BCUT2D eigenvalue weighted by molar-refractivity contribution is 5.79. The summed E-state index contributed by atoms with van der Waals surface area (Å²) in [5, 5.41) is 11.9. The summed E-state index contributed by atoms with van der Waals surface area (Å²) in [6.45, 7) is 6.72. The number of hydrogen-bond acceptors (Lipinski definition) is 4. The van der Waals surface area contributed by atoms with Gasteiger partial charge in [-0.3, -0.25) is 9.69 Å². The van der Waals surface area contributed by atoms with Crippen molar-refractivity contribution < 1.29 is 4.79 Å². The van der Waals surface area contributed by atoms with Gasteiger partial charge in [-0.15, -0.1) is 10.2 Å². The van der Waals surface area contributed by atoms with Crippen molar-refractivity contribution in [2.75, 3.05) is 26.2 Å². The fourth-order valence-corrected chi connectivity index (χ4v) is 4.11. The molecule has 4 rings (SSSR count). The smallest absolute Gasteiger partial charge is 0.223 e. The first kappa shape index (κ1) is 19.8. The van der Waals surface area contributed by atoms with Crippen molar-refractivity contribution in [1.82, 2.24) is 25.0 Å². The minimum Gasteiger partial charge on any atom is -0.355 e. The Bertz CT molecular complexity index is 853. The predicted octanol–water partition coefficient (Wildman–Crippen LogP) is 2.70. The van der Waals surface area contributed by atoms with Gasteiger partial charge in [-0.25, -0.2) is 0 Å². The van der Waals surface area contributed by atoms with Crippen molar-refractivity contribution in [1.29, 1.82) is 0 Å². The predicted molar refractivity (Wildman–Crippen MR) is 114 cm³/mol. The Morgan fingerprint density at radius 2 is 2.00 bits per heavy atom. The molecule has 1 aromatic heterocycles. The number of hydrogen-bond donors (Lipinski definition) is 1. The van der Waals surface area contributed by atoms with Crippen molar-refractivity contribution in [3.8, 4) is 0 Å². The Balaban J connectivity index is 1.29. The van der Waals surface area contributed by atoms with E-state index < -0.39 is 0 Å². The van der Waals surface area contributed by atoms with Gasteiger partial charge in [0.2, 0.25) is 5.91 Å². The molecule has 2 aromatic rings. The molecule has 1 N–H and O–H groups in total. The van der Waals surface area contributed by atoms with E-state index in [1.807, 2.05) is 6.07 Å². The van der Waals surface area contributed by atoms with Crippen molar-refractivity contribution in [3.05, 3.63) is 53.1 Å². The second-order valence-electron chi connectivity index (χ2n) is 8.28. The Kier molecular flexibility index (Phi) is 6.39. The second-order valence-corrected chi connectivity index (χ2v) is 8.28. The minimum absolute atomic E-state index is 0.207. The number of amides is 1. The highest BCUT2D eigenvalue weighted by Crippen LogP contribution is 2.26. The van der Waals surface area contributed by atoms with E-state index in [1.165, 1.54) is 17.6 Å². The van der Waals surface area contributed by atoms with Crippen LogP contribution in [0.2, 0.25) is 0 Å². The van der Waals surface area contributed by atoms with Crippen LogP contribution in [0.5, 0.6) is 0 Å². The maximum Gasteiger partial charge on any atom is 0.223 e. The lowest BCUT2D eigenvalue weighted by atomic mass is 9.85. The average molecular weight is 394 g/mol. The number of carbonyl (C=O) groups excluding carboxylic acids is 1. The van der Waals surface area contributed by atoms with Crippen molar-refractivity contribution in [2.45, 2.75) is 45.6 Å². The molecule has 1 fully saturated rings. The maximum atomic E-state index is 12.0. The number of nitrogens with one attached hydrogen (secondary N) is 1. The van der Waals surface area contributed by atoms with Gasteiger partial charge >= 0.3 is 0 Å². The molecule has 0 unspecified atom stereocenters. The number of fused-ring (bicyclic) bond motifs is 1. The molecular formula is C23H31N5O.